The van der Waals surface area contributed by atoms with Crippen molar-refractivity contribution in [2.24, 2.45) is 10.2 Å². The summed E-state index contributed by atoms with van der Waals surface area (Å²) in [6, 6.07) is 3.87. The van der Waals surface area contributed by atoms with Gasteiger partial charge in [0.05, 0.1) is 23.2 Å². The van der Waals surface area contributed by atoms with Crippen molar-refractivity contribution in [3.8, 4) is 0 Å². The van der Waals surface area contributed by atoms with Gasteiger partial charge in [-0.05, 0) is 31.2 Å². The number of aliphatic hydroxyl groups excluding tert-OH is 1. The summed E-state index contributed by atoms with van der Waals surface area (Å²) in [5, 5.41) is 16.7. The maximum Gasteiger partial charge on any atom is 0.416 e. The maximum absolute atomic E-state index is 12.4. The number of ether oxygens (including phenoxy) is 1. The molecule has 0 fully saturated rings. The molecule has 0 saturated heterocycles. The average molecular weight is 381 g/mol. The highest BCUT2D eigenvalue weighted by atomic mass is 79.9. The maximum atomic E-state index is 12.4. The van der Waals surface area contributed by atoms with Crippen LogP contribution in [0.2, 0.25) is 0 Å². The van der Waals surface area contributed by atoms with Gasteiger partial charge in [-0.2, -0.15) is 18.3 Å². The van der Waals surface area contributed by atoms with Crippen LogP contribution in [0.4, 0.5) is 18.9 Å². The number of rotatable bonds is 5. The summed E-state index contributed by atoms with van der Waals surface area (Å²) < 4.78 is 41.9. The number of benzene rings is 1. The van der Waals surface area contributed by atoms with E-state index < -0.39 is 29.2 Å². The number of nitrogens with zero attached hydrogens (tertiary/aromatic N) is 2. The Hall–Kier alpha value is -1.90. The smallest absolute Gasteiger partial charge is 0.416 e. The van der Waals surface area contributed by atoms with Crippen molar-refractivity contribution >= 4 is 27.6 Å². The molecule has 0 aliphatic rings. The molecule has 22 heavy (non-hydrogen) atoms. The first kappa shape index (κ1) is 18.1. The monoisotopic (exact) mass is 380 g/mol. The van der Waals surface area contributed by atoms with Crippen molar-refractivity contribution in [3.63, 3.8) is 0 Å². The Bertz CT molecular complexity index is 583. The van der Waals surface area contributed by atoms with Gasteiger partial charge in [-0.1, -0.05) is 15.9 Å². The van der Waals surface area contributed by atoms with Crippen molar-refractivity contribution in [2.75, 3.05) is 11.9 Å². The quantitative estimate of drug-likeness (QED) is 0.268. The molecule has 0 saturated carbocycles. The second-order valence-electron chi connectivity index (χ2n) is 3.89. The molecule has 5 nitrogen and oxygen atoms in total. The summed E-state index contributed by atoms with van der Waals surface area (Å²) in [5.74, 6) is -1.27. The number of alkyl halides is 4. The lowest BCUT2D eigenvalue weighted by molar-refractivity contribution is -0.139. The fourth-order valence-electron chi connectivity index (χ4n) is 1.30. The molecule has 0 spiro atoms. The first-order valence-electron chi connectivity index (χ1n) is 6.03. The van der Waals surface area contributed by atoms with Gasteiger partial charge in [0.25, 0.3) is 0 Å². The Labute approximate surface area is 132 Å². The second kappa shape index (κ2) is 7.92. The fourth-order valence-corrected chi connectivity index (χ4v) is 1.57. The molecule has 0 amide bonds. The van der Waals surface area contributed by atoms with E-state index in [1.807, 2.05) is 0 Å². The molecule has 9 heteroatoms. The summed E-state index contributed by atoms with van der Waals surface area (Å²) in [5.41, 5.74) is -1.15. The van der Waals surface area contributed by atoms with Crippen LogP contribution in [0.25, 0.3) is 0 Å². The second-order valence-corrected chi connectivity index (χ2v) is 4.45. The lowest BCUT2D eigenvalue weighted by Gasteiger charge is -2.06. The van der Waals surface area contributed by atoms with Crippen molar-refractivity contribution in [3.05, 3.63) is 41.3 Å². The number of esters is 1. The standard InChI is InChI=1S/C13H12BrF3N2O3/c1-2-22-12(21)11(10(20)7-14)19-18-9-5-3-8(4-6-9)13(15,16)17/h3-6,20H,2,7H2,1H3/b11-10+,19-18?. The van der Waals surface area contributed by atoms with E-state index >= 15 is 0 Å². The van der Waals surface area contributed by atoms with Gasteiger partial charge in [0.2, 0.25) is 5.70 Å². The number of carbonyl (C=O) groups excluding carboxylic acids is 1. The first-order valence-corrected chi connectivity index (χ1v) is 7.16. The molecule has 1 N–H and O–H groups in total. The Kier molecular flexibility index (Phi) is 6.54. The normalized spacial score (nSPS) is 13.1. The third-order valence-corrected chi connectivity index (χ3v) is 2.86. The lowest BCUT2D eigenvalue weighted by Crippen LogP contribution is -2.09. The topological polar surface area (TPSA) is 71.2 Å². The van der Waals surface area contributed by atoms with Gasteiger partial charge in [-0.25, -0.2) is 4.79 Å². The summed E-state index contributed by atoms with van der Waals surface area (Å²) >= 11 is 2.95. The van der Waals surface area contributed by atoms with Crippen LogP contribution in [0.15, 0.2) is 46.0 Å². The van der Waals surface area contributed by atoms with Gasteiger partial charge < -0.3 is 9.84 Å². The fraction of sp³-hybridized carbons (Fsp3) is 0.308. The number of aliphatic hydroxyl groups is 1. The number of azo groups is 1. The van der Waals surface area contributed by atoms with Crippen molar-refractivity contribution in [1.29, 1.82) is 0 Å². The molecule has 0 aromatic heterocycles. The molecule has 0 bridgehead atoms. The van der Waals surface area contributed by atoms with E-state index in [4.69, 9.17) is 4.74 Å². The zero-order chi connectivity index (χ0) is 16.8. The van der Waals surface area contributed by atoms with E-state index in [9.17, 15) is 23.1 Å². The molecule has 120 valence electrons. The number of hydrogen-bond donors (Lipinski definition) is 1. The molecule has 1 aromatic rings. The van der Waals surface area contributed by atoms with Crippen LogP contribution in [0.1, 0.15) is 12.5 Å². The van der Waals surface area contributed by atoms with Gasteiger partial charge in [-0.3, -0.25) is 0 Å². The van der Waals surface area contributed by atoms with Crippen molar-refractivity contribution in [2.45, 2.75) is 13.1 Å². The number of halogens is 4. The van der Waals surface area contributed by atoms with Crippen molar-refractivity contribution in [1.82, 2.24) is 0 Å². The minimum atomic E-state index is -4.44. The molecule has 0 radical (unpaired) electrons. The predicted octanol–water partition coefficient (Wildman–Crippen LogP) is 4.52. The largest absolute Gasteiger partial charge is 0.509 e. The number of hydrogen-bond acceptors (Lipinski definition) is 5. The van der Waals surface area contributed by atoms with Crippen LogP contribution in [-0.2, 0) is 15.7 Å². The molecule has 0 unspecified atom stereocenters. The van der Waals surface area contributed by atoms with Crippen LogP contribution in [0, 0.1) is 0 Å². The minimum Gasteiger partial charge on any atom is -0.509 e. The number of carbonyl (C=O) groups is 1. The highest BCUT2D eigenvalue weighted by molar-refractivity contribution is 9.09. The van der Waals surface area contributed by atoms with E-state index in [0.29, 0.717) is 0 Å². The molecule has 0 aliphatic carbocycles. The van der Waals surface area contributed by atoms with Crippen LogP contribution in [0.5, 0.6) is 0 Å². The summed E-state index contributed by atoms with van der Waals surface area (Å²) in [4.78, 5) is 11.6. The highest BCUT2D eigenvalue weighted by Gasteiger charge is 2.29. The van der Waals surface area contributed by atoms with Gasteiger partial charge in [-0.15, -0.1) is 5.11 Å². The zero-order valence-electron chi connectivity index (χ0n) is 11.4. The molecule has 1 rings (SSSR count). The SMILES string of the molecule is CCOC(=O)/C(N=Nc1ccc(C(F)(F)F)cc1)=C(\O)CBr. The lowest BCUT2D eigenvalue weighted by atomic mass is 10.2. The molecule has 0 heterocycles. The van der Waals surface area contributed by atoms with E-state index in [-0.39, 0.29) is 17.6 Å². The van der Waals surface area contributed by atoms with Gasteiger partial charge in [0.1, 0.15) is 5.76 Å². The van der Waals surface area contributed by atoms with E-state index in [0.717, 1.165) is 24.3 Å². The third kappa shape index (κ3) is 5.14. The van der Waals surface area contributed by atoms with E-state index in [1.165, 1.54) is 0 Å². The Morgan fingerprint density at radius 3 is 2.36 bits per heavy atom. The highest BCUT2D eigenvalue weighted by Crippen LogP contribution is 2.30. The van der Waals surface area contributed by atoms with Crippen LogP contribution >= 0.6 is 15.9 Å². The van der Waals surface area contributed by atoms with Gasteiger partial charge in [0, 0.05) is 0 Å². The Morgan fingerprint density at radius 1 is 1.32 bits per heavy atom. The van der Waals surface area contributed by atoms with Gasteiger partial charge in [0.15, 0.2) is 0 Å². The minimum absolute atomic E-state index is 0.0484. The van der Waals surface area contributed by atoms with E-state index in [1.54, 1.807) is 6.92 Å². The number of allylic oxidation sites excluding steroid dienone is 1. The molecule has 1 aromatic carbocycles. The summed E-state index contributed by atoms with van der Waals surface area (Å²) in [6.45, 7) is 1.65. The van der Waals surface area contributed by atoms with Crippen LogP contribution in [-0.4, -0.2) is 23.0 Å². The first-order chi connectivity index (χ1) is 10.3. The third-order valence-electron chi connectivity index (χ3n) is 2.33. The Morgan fingerprint density at radius 2 is 1.91 bits per heavy atom. The van der Waals surface area contributed by atoms with E-state index in [2.05, 4.69) is 26.2 Å². The molecule has 0 atom stereocenters. The zero-order valence-corrected chi connectivity index (χ0v) is 13.0. The van der Waals surface area contributed by atoms with Crippen LogP contribution < -0.4 is 0 Å². The molecule has 0 aliphatic heterocycles. The molecular formula is C13H12BrF3N2O3. The van der Waals surface area contributed by atoms with Crippen molar-refractivity contribution < 1.29 is 27.8 Å². The Balaban J connectivity index is 2.99. The van der Waals surface area contributed by atoms with Crippen LogP contribution in [0.3, 0.4) is 0 Å². The summed E-state index contributed by atoms with van der Waals surface area (Å²) in [6.07, 6.45) is -4.44. The van der Waals surface area contributed by atoms with Gasteiger partial charge >= 0.3 is 12.1 Å². The average Bonchev–Trinajstić information content (AvgIpc) is 2.47. The molecular weight excluding hydrogens is 369 g/mol. The predicted molar refractivity (Wildman–Crippen MR) is 76.0 cm³/mol. The summed E-state index contributed by atoms with van der Waals surface area (Å²) in [7, 11) is 0.